The second kappa shape index (κ2) is 3.42. The minimum Gasteiger partial charge on any atom is -0.359 e. The standard InChI is InChI=1S/C10H6FN3O/c11-7-3-8-6(1-2-9(12)15)4-13-10(8)14-5-7/h3-5H,(H2,12,15)(H,13,14). The summed E-state index contributed by atoms with van der Waals surface area (Å²) in [5.74, 6) is 3.53. The first-order valence-electron chi connectivity index (χ1n) is 4.11. The van der Waals surface area contributed by atoms with Crippen molar-refractivity contribution in [3.8, 4) is 11.8 Å². The lowest BCUT2D eigenvalue weighted by atomic mass is 10.2. The number of halogens is 1. The van der Waals surface area contributed by atoms with Crippen LogP contribution in [0, 0.1) is 17.7 Å². The zero-order chi connectivity index (χ0) is 10.8. The zero-order valence-electron chi connectivity index (χ0n) is 7.54. The number of hydrogen-bond donors (Lipinski definition) is 2. The summed E-state index contributed by atoms with van der Waals surface area (Å²) in [7, 11) is 0. The van der Waals surface area contributed by atoms with Gasteiger partial charge < -0.3 is 10.7 Å². The quantitative estimate of drug-likeness (QED) is 0.613. The molecule has 0 radical (unpaired) electrons. The lowest BCUT2D eigenvalue weighted by Crippen LogP contribution is -2.06. The molecule has 0 saturated heterocycles. The molecule has 0 atom stereocenters. The van der Waals surface area contributed by atoms with E-state index in [4.69, 9.17) is 5.73 Å². The molecule has 1 amide bonds. The predicted octanol–water partition coefficient (Wildman–Crippen LogP) is 0.539. The number of amides is 1. The van der Waals surface area contributed by atoms with Crippen molar-refractivity contribution in [2.45, 2.75) is 0 Å². The molecule has 15 heavy (non-hydrogen) atoms. The van der Waals surface area contributed by atoms with Gasteiger partial charge in [0.15, 0.2) is 0 Å². The summed E-state index contributed by atoms with van der Waals surface area (Å²) in [5, 5.41) is 0.531. The predicted molar refractivity (Wildman–Crippen MR) is 52.1 cm³/mol. The Morgan fingerprint density at radius 2 is 2.40 bits per heavy atom. The van der Waals surface area contributed by atoms with Crippen LogP contribution in [0.25, 0.3) is 11.0 Å². The van der Waals surface area contributed by atoms with Gasteiger partial charge in [-0.25, -0.2) is 9.37 Å². The summed E-state index contributed by atoms with van der Waals surface area (Å²) in [6.07, 6.45) is 2.65. The third-order valence-electron chi connectivity index (χ3n) is 1.82. The van der Waals surface area contributed by atoms with Crippen LogP contribution in [0.5, 0.6) is 0 Å². The second-order valence-electron chi connectivity index (χ2n) is 2.87. The first kappa shape index (κ1) is 9.21. The highest BCUT2D eigenvalue weighted by atomic mass is 19.1. The maximum Gasteiger partial charge on any atom is 0.293 e. The molecule has 4 nitrogen and oxygen atoms in total. The summed E-state index contributed by atoms with van der Waals surface area (Å²) < 4.78 is 12.9. The van der Waals surface area contributed by atoms with Crippen LogP contribution in [0.2, 0.25) is 0 Å². The van der Waals surface area contributed by atoms with Gasteiger partial charge in [-0.15, -0.1) is 0 Å². The van der Waals surface area contributed by atoms with Gasteiger partial charge in [-0.1, -0.05) is 5.92 Å². The lowest BCUT2D eigenvalue weighted by Gasteiger charge is -1.89. The normalized spacial score (nSPS) is 9.67. The van der Waals surface area contributed by atoms with Gasteiger partial charge in [-0.05, 0) is 6.07 Å². The van der Waals surface area contributed by atoms with Gasteiger partial charge in [-0.2, -0.15) is 0 Å². The Balaban J connectivity index is 2.59. The zero-order valence-corrected chi connectivity index (χ0v) is 7.54. The lowest BCUT2D eigenvalue weighted by molar-refractivity contribution is -0.112. The maximum atomic E-state index is 12.9. The number of nitrogens with two attached hydrogens (primary N) is 1. The van der Waals surface area contributed by atoms with Gasteiger partial charge >= 0.3 is 0 Å². The Kier molecular flexibility index (Phi) is 2.10. The van der Waals surface area contributed by atoms with Crippen molar-refractivity contribution in [2.75, 3.05) is 0 Å². The topological polar surface area (TPSA) is 71.8 Å². The number of carbonyl (C=O) groups excluding carboxylic acids is 1. The fourth-order valence-corrected chi connectivity index (χ4v) is 1.21. The monoisotopic (exact) mass is 203 g/mol. The maximum absolute atomic E-state index is 12.9. The van der Waals surface area contributed by atoms with E-state index in [0.717, 1.165) is 6.20 Å². The first-order valence-corrected chi connectivity index (χ1v) is 4.11. The number of fused-ring (bicyclic) bond motifs is 1. The van der Waals surface area contributed by atoms with E-state index in [-0.39, 0.29) is 0 Å². The number of nitrogens with one attached hydrogen (secondary N) is 1. The number of nitrogens with zero attached hydrogens (tertiary/aromatic N) is 1. The Morgan fingerprint density at radius 3 is 3.13 bits per heavy atom. The number of aromatic nitrogens is 2. The van der Waals surface area contributed by atoms with E-state index in [0.29, 0.717) is 16.6 Å². The Labute approximate surface area is 84.3 Å². The van der Waals surface area contributed by atoms with Crippen molar-refractivity contribution >= 4 is 16.9 Å². The van der Waals surface area contributed by atoms with Crippen molar-refractivity contribution < 1.29 is 9.18 Å². The van der Waals surface area contributed by atoms with Crippen LogP contribution in [-0.2, 0) is 4.79 Å². The number of pyridine rings is 1. The minimum atomic E-state index is -0.728. The van der Waals surface area contributed by atoms with Crippen LogP contribution >= 0.6 is 0 Å². The van der Waals surface area contributed by atoms with Crippen molar-refractivity contribution in [2.24, 2.45) is 5.73 Å². The largest absolute Gasteiger partial charge is 0.359 e. The van der Waals surface area contributed by atoms with E-state index < -0.39 is 11.7 Å². The van der Waals surface area contributed by atoms with Crippen molar-refractivity contribution in [1.82, 2.24) is 9.97 Å². The fourth-order valence-electron chi connectivity index (χ4n) is 1.21. The minimum absolute atomic E-state index is 0.454. The Bertz CT molecular complexity index is 591. The fraction of sp³-hybridized carbons (Fsp3) is 0. The number of H-pyrrole nitrogens is 1. The molecule has 0 spiro atoms. The van der Waals surface area contributed by atoms with Crippen molar-refractivity contribution in [3.63, 3.8) is 0 Å². The van der Waals surface area contributed by atoms with E-state index >= 15 is 0 Å². The van der Waals surface area contributed by atoms with Crippen molar-refractivity contribution in [1.29, 1.82) is 0 Å². The van der Waals surface area contributed by atoms with Crippen molar-refractivity contribution in [3.05, 3.63) is 29.8 Å². The van der Waals surface area contributed by atoms with Gasteiger partial charge in [0.1, 0.15) is 11.5 Å². The summed E-state index contributed by atoms with van der Waals surface area (Å²) in [4.78, 5) is 17.1. The molecule has 0 fully saturated rings. The van der Waals surface area contributed by atoms with Crippen LogP contribution in [0.3, 0.4) is 0 Å². The molecule has 0 aliphatic rings. The molecule has 2 aromatic heterocycles. The average molecular weight is 203 g/mol. The van der Waals surface area contributed by atoms with Gasteiger partial charge in [0.05, 0.1) is 11.8 Å². The van der Waals surface area contributed by atoms with E-state index in [1.54, 1.807) is 6.20 Å². The smallest absolute Gasteiger partial charge is 0.293 e. The second-order valence-corrected chi connectivity index (χ2v) is 2.87. The van der Waals surface area contributed by atoms with E-state index in [1.165, 1.54) is 6.07 Å². The molecule has 0 unspecified atom stereocenters. The number of rotatable bonds is 0. The number of aromatic amines is 1. The summed E-state index contributed by atoms with van der Waals surface area (Å²) in [6.45, 7) is 0. The number of hydrogen-bond acceptors (Lipinski definition) is 2. The molecule has 0 aliphatic carbocycles. The molecule has 2 heterocycles. The molecule has 0 bridgehead atoms. The van der Waals surface area contributed by atoms with Crippen LogP contribution in [0.4, 0.5) is 4.39 Å². The summed E-state index contributed by atoms with van der Waals surface area (Å²) >= 11 is 0. The Morgan fingerprint density at radius 1 is 1.60 bits per heavy atom. The summed E-state index contributed by atoms with van der Waals surface area (Å²) in [6, 6.07) is 1.30. The third kappa shape index (κ3) is 1.79. The van der Waals surface area contributed by atoms with Gasteiger partial charge in [0.2, 0.25) is 0 Å². The van der Waals surface area contributed by atoms with Crippen LogP contribution in [-0.4, -0.2) is 15.9 Å². The molecular weight excluding hydrogens is 197 g/mol. The molecule has 0 aliphatic heterocycles. The number of primary amides is 1. The highest BCUT2D eigenvalue weighted by Crippen LogP contribution is 2.15. The third-order valence-corrected chi connectivity index (χ3v) is 1.82. The highest BCUT2D eigenvalue weighted by Gasteiger charge is 2.03. The molecule has 74 valence electrons. The molecule has 2 rings (SSSR count). The molecule has 2 aromatic rings. The van der Waals surface area contributed by atoms with E-state index in [2.05, 4.69) is 21.8 Å². The van der Waals surface area contributed by atoms with Gasteiger partial charge in [0, 0.05) is 17.5 Å². The molecule has 5 heteroatoms. The van der Waals surface area contributed by atoms with Crippen LogP contribution in [0.1, 0.15) is 5.56 Å². The van der Waals surface area contributed by atoms with Gasteiger partial charge in [-0.3, -0.25) is 4.79 Å². The molecule has 3 N–H and O–H groups in total. The Hall–Kier alpha value is -2.35. The summed E-state index contributed by atoms with van der Waals surface area (Å²) in [5.41, 5.74) is 5.89. The molecule has 0 saturated carbocycles. The molecular formula is C10H6FN3O. The SMILES string of the molecule is NC(=O)C#Cc1c[nH]c2ncc(F)cc12. The number of carbonyl (C=O) groups is 1. The van der Waals surface area contributed by atoms with Gasteiger partial charge in [0.25, 0.3) is 5.91 Å². The average Bonchev–Trinajstić information content (AvgIpc) is 2.57. The molecule has 0 aromatic carbocycles. The van der Waals surface area contributed by atoms with Crippen LogP contribution in [0.15, 0.2) is 18.5 Å². The first-order chi connectivity index (χ1) is 7.16. The van der Waals surface area contributed by atoms with Crippen LogP contribution < -0.4 is 5.73 Å². The highest BCUT2D eigenvalue weighted by molar-refractivity contribution is 5.94. The van der Waals surface area contributed by atoms with E-state index in [9.17, 15) is 9.18 Å². The van der Waals surface area contributed by atoms with E-state index in [1.807, 2.05) is 0 Å².